The van der Waals surface area contributed by atoms with E-state index in [-0.39, 0.29) is 36.3 Å². The van der Waals surface area contributed by atoms with E-state index in [2.05, 4.69) is 33.0 Å². The molecule has 0 atom stereocenters. The third-order valence-electron chi connectivity index (χ3n) is 5.96. The number of amides is 2. The number of piperazine rings is 1. The molecule has 0 bridgehead atoms. The first-order valence-corrected chi connectivity index (χ1v) is 13.1. The standard InChI is InChI=1S/C22H28N4O4S2/c27-21-16-26(11-8-23-21)32(29,30)20-5-1-3-18(13-20)22(28)24-14-17-6-9-25(10-7-17)15-19-4-2-12-31-19/h1-5,12-13,17H,6-11,14-16H2,(H,23,27)(H,24,28). The van der Waals surface area contributed by atoms with Gasteiger partial charge in [0.25, 0.3) is 5.91 Å². The zero-order valence-electron chi connectivity index (χ0n) is 17.8. The van der Waals surface area contributed by atoms with Gasteiger partial charge in [0.05, 0.1) is 11.4 Å². The lowest BCUT2D eigenvalue weighted by Gasteiger charge is -2.31. The second-order valence-electron chi connectivity index (χ2n) is 8.23. The van der Waals surface area contributed by atoms with E-state index in [0.717, 1.165) is 36.8 Å². The molecule has 2 aliphatic rings. The number of carbonyl (C=O) groups is 2. The lowest BCUT2D eigenvalue weighted by atomic mass is 9.96. The van der Waals surface area contributed by atoms with Crippen molar-refractivity contribution in [3.63, 3.8) is 0 Å². The smallest absolute Gasteiger partial charge is 0.251 e. The van der Waals surface area contributed by atoms with Crippen LogP contribution >= 0.6 is 11.3 Å². The molecule has 2 N–H and O–H groups in total. The van der Waals surface area contributed by atoms with Gasteiger partial charge >= 0.3 is 0 Å². The van der Waals surface area contributed by atoms with Gasteiger partial charge in [-0.1, -0.05) is 12.1 Å². The fourth-order valence-electron chi connectivity index (χ4n) is 4.08. The Labute approximate surface area is 192 Å². The molecule has 2 amide bonds. The number of likely N-dealkylation sites (tertiary alicyclic amines) is 1. The summed E-state index contributed by atoms with van der Waals surface area (Å²) in [6.07, 6.45) is 2.05. The van der Waals surface area contributed by atoms with E-state index in [4.69, 9.17) is 0 Å². The number of carbonyl (C=O) groups excluding carboxylic acids is 2. The molecule has 0 aliphatic carbocycles. The Morgan fingerprint density at radius 1 is 1.16 bits per heavy atom. The summed E-state index contributed by atoms with van der Waals surface area (Å²) in [7, 11) is -3.83. The molecule has 0 unspecified atom stereocenters. The van der Waals surface area contributed by atoms with Gasteiger partial charge in [0.2, 0.25) is 15.9 Å². The summed E-state index contributed by atoms with van der Waals surface area (Å²) < 4.78 is 26.9. The molecule has 10 heteroatoms. The minimum Gasteiger partial charge on any atom is -0.354 e. The minimum atomic E-state index is -3.83. The molecule has 2 aliphatic heterocycles. The number of nitrogens with zero attached hydrogens (tertiary/aromatic N) is 2. The van der Waals surface area contributed by atoms with Crippen molar-refractivity contribution < 1.29 is 18.0 Å². The largest absolute Gasteiger partial charge is 0.354 e. The molecule has 32 heavy (non-hydrogen) atoms. The van der Waals surface area contributed by atoms with Crippen LogP contribution in [0.4, 0.5) is 0 Å². The average molecular weight is 477 g/mol. The normalized spacial score (nSPS) is 18.9. The number of benzene rings is 1. The summed E-state index contributed by atoms with van der Waals surface area (Å²) >= 11 is 1.78. The third kappa shape index (κ3) is 5.55. The summed E-state index contributed by atoms with van der Waals surface area (Å²) in [6.45, 7) is 3.88. The maximum atomic E-state index is 12.9. The molecule has 2 saturated heterocycles. The second kappa shape index (κ2) is 10.1. The SMILES string of the molecule is O=C1CN(S(=O)(=O)c2cccc(C(=O)NCC3CCN(Cc4cccs4)CC3)c2)CCN1. The lowest BCUT2D eigenvalue weighted by molar-refractivity contribution is -0.122. The van der Waals surface area contributed by atoms with E-state index in [1.54, 1.807) is 23.5 Å². The third-order valence-corrected chi connectivity index (χ3v) is 8.66. The fourth-order valence-corrected chi connectivity index (χ4v) is 6.27. The lowest BCUT2D eigenvalue weighted by Crippen LogP contribution is -2.49. The molecule has 2 aromatic rings. The van der Waals surface area contributed by atoms with Crippen LogP contribution in [0.3, 0.4) is 0 Å². The predicted octanol–water partition coefficient (Wildman–Crippen LogP) is 1.51. The van der Waals surface area contributed by atoms with Gasteiger partial charge in [-0.15, -0.1) is 11.3 Å². The van der Waals surface area contributed by atoms with Crippen molar-refractivity contribution in [1.82, 2.24) is 19.8 Å². The van der Waals surface area contributed by atoms with Gasteiger partial charge in [0.15, 0.2) is 0 Å². The van der Waals surface area contributed by atoms with Crippen LogP contribution in [0, 0.1) is 5.92 Å². The van der Waals surface area contributed by atoms with Crippen molar-refractivity contribution in [1.29, 1.82) is 0 Å². The Kier molecular flexibility index (Phi) is 7.24. The van der Waals surface area contributed by atoms with Crippen molar-refractivity contribution in [3.8, 4) is 0 Å². The second-order valence-corrected chi connectivity index (χ2v) is 11.2. The molecule has 4 rings (SSSR count). The van der Waals surface area contributed by atoms with Crippen LogP contribution in [-0.2, 0) is 21.4 Å². The van der Waals surface area contributed by atoms with E-state index < -0.39 is 10.0 Å². The number of sulfonamides is 1. The van der Waals surface area contributed by atoms with Crippen LogP contribution in [0.2, 0.25) is 0 Å². The van der Waals surface area contributed by atoms with Crippen molar-refractivity contribution in [2.24, 2.45) is 5.92 Å². The molecule has 0 radical (unpaired) electrons. The summed E-state index contributed by atoms with van der Waals surface area (Å²) in [5.74, 6) is -0.188. The van der Waals surface area contributed by atoms with E-state index in [1.165, 1.54) is 17.0 Å². The quantitative estimate of drug-likeness (QED) is 0.631. The molecule has 3 heterocycles. The monoisotopic (exact) mass is 476 g/mol. The highest BCUT2D eigenvalue weighted by molar-refractivity contribution is 7.89. The van der Waals surface area contributed by atoms with Gasteiger partial charge in [-0.25, -0.2) is 8.42 Å². The summed E-state index contributed by atoms with van der Waals surface area (Å²) in [5, 5.41) is 7.68. The Morgan fingerprint density at radius 3 is 2.69 bits per heavy atom. The maximum absolute atomic E-state index is 12.9. The van der Waals surface area contributed by atoms with Crippen molar-refractivity contribution in [3.05, 3.63) is 52.2 Å². The number of hydrogen-bond donors (Lipinski definition) is 2. The van der Waals surface area contributed by atoms with E-state index in [0.29, 0.717) is 18.0 Å². The number of hydrogen-bond acceptors (Lipinski definition) is 6. The zero-order chi connectivity index (χ0) is 22.6. The maximum Gasteiger partial charge on any atom is 0.251 e. The van der Waals surface area contributed by atoms with Gasteiger partial charge in [0, 0.05) is 36.6 Å². The van der Waals surface area contributed by atoms with Gasteiger partial charge in [-0.2, -0.15) is 4.31 Å². The molecule has 0 spiro atoms. The first kappa shape index (κ1) is 22.9. The van der Waals surface area contributed by atoms with Gasteiger partial charge in [-0.05, 0) is 61.5 Å². The zero-order valence-corrected chi connectivity index (χ0v) is 19.5. The van der Waals surface area contributed by atoms with Gasteiger partial charge in [-0.3, -0.25) is 14.5 Å². The highest BCUT2D eigenvalue weighted by Gasteiger charge is 2.29. The molecule has 172 valence electrons. The first-order valence-electron chi connectivity index (χ1n) is 10.8. The summed E-state index contributed by atoms with van der Waals surface area (Å²) in [6, 6.07) is 10.3. The molecule has 0 saturated carbocycles. The molecular formula is C22H28N4O4S2. The number of thiophene rings is 1. The number of rotatable bonds is 7. The first-order chi connectivity index (χ1) is 15.4. The van der Waals surface area contributed by atoms with Crippen LogP contribution < -0.4 is 10.6 Å². The highest BCUT2D eigenvalue weighted by atomic mass is 32.2. The van der Waals surface area contributed by atoms with Crippen LogP contribution in [0.15, 0.2) is 46.7 Å². The molecule has 1 aromatic carbocycles. The number of nitrogens with one attached hydrogen (secondary N) is 2. The van der Waals surface area contributed by atoms with E-state index in [1.807, 2.05) is 0 Å². The number of piperidine rings is 1. The van der Waals surface area contributed by atoms with E-state index >= 15 is 0 Å². The summed E-state index contributed by atoms with van der Waals surface area (Å²) in [5.41, 5.74) is 0.308. The Bertz CT molecular complexity index is 1050. The van der Waals surface area contributed by atoms with E-state index in [9.17, 15) is 18.0 Å². The van der Waals surface area contributed by atoms with Crippen LogP contribution in [0.1, 0.15) is 28.1 Å². The summed E-state index contributed by atoms with van der Waals surface area (Å²) in [4.78, 5) is 28.1. The topological polar surface area (TPSA) is 98.8 Å². The molecule has 8 nitrogen and oxygen atoms in total. The Morgan fingerprint density at radius 2 is 1.97 bits per heavy atom. The molecule has 2 fully saturated rings. The van der Waals surface area contributed by atoms with Crippen LogP contribution in [-0.4, -0.2) is 68.7 Å². The average Bonchev–Trinajstić information content (AvgIpc) is 3.31. The van der Waals surface area contributed by atoms with Crippen molar-refractivity contribution in [2.45, 2.75) is 24.3 Å². The molecular weight excluding hydrogens is 448 g/mol. The van der Waals surface area contributed by atoms with Crippen molar-refractivity contribution >= 4 is 33.2 Å². The molecule has 1 aromatic heterocycles. The Hall–Kier alpha value is -2.27. The van der Waals surface area contributed by atoms with Crippen LogP contribution in [0.5, 0.6) is 0 Å². The van der Waals surface area contributed by atoms with Crippen molar-refractivity contribution in [2.75, 3.05) is 39.3 Å². The van der Waals surface area contributed by atoms with Gasteiger partial charge < -0.3 is 10.6 Å². The minimum absolute atomic E-state index is 0.0294. The fraction of sp³-hybridized carbons (Fsp3) is 0.455. The highest BCUT2D eigenvalue weighted by Crippen LogP contribution is 2.21. The van der Waals surface area contributed by atoms with Crippen LogP contribution in [0.25, 0.3) is 0 Å². The van der Waals surface area contributed by atoms with Gasteiger partial charge in [0.1, 0.15) is 0 Å². The Balaban J connectivity index is 1.30. The predicted molar refractivity (Wildman–Crippen MR) is 123 cm³/mol.